The van der Waals surface area contributed by atoms with Crippen LogP contribution in [0.5, 0.6) is 11.5 Å². The summed E-state index contributed by atoms with van der Waals surface area (Å²) in [6.07, 6.45) is 2.58. The molecule has 1 unspecified atom stereocenters. The first-order chi connectivity index (χ1) is 14.7. The van der Waals surface area contributed by atoms with E-state index in [-0.39, 0.29) is 5.91 Å². The third kappa shape index (κ3) is 4.27. The Hall–Kier alpha value is -3.41. The molecular weight excluding hydrogens is 380 g/mol. The molecule has 0 aliphatic carbocycles. The monoisotopic (exact) mass is 406 g/mol. The zero-order valence-electron chi connectivity index (χ0n) is 17.3. The zero-order chi connectivity index (χ0) is 20.9. The number of methoxy groups -OCH3 is 1. The summed E-state index contributed by atoms with van der Waals surface area (Å²) in [6.45, 7) is 3.54. The molecule has 2 heterocycles. The quantitative estimate of drug-likeness (QED) is 0.572. The minimum atomic E-state index is -0.155. The summed E-state index contributed by atoms with van der Waals surface area (Å²) in [5, 5.41) is 2.91. The summed E-state index contributed by atoms with van der Waals surface area (Å²) in [5.74, 6) is 2.03. The molecule has 0 saturated heterocycles. The van der Waals surface area contributed by atoms with Gasteiger partial charge in [-0.05, 0) is 55.3 Å². The second kappa shape index (κ2) is 8.95. The standard InChI is InChI=1S/C24H26N2O4/c1-17-15-18-5-3-4-6-22(18)26(17)16-23-21(11-13-30-23)24(27)25-12-14-29-20-9-7-19(28-2)8-10-20/h3-11,13,17H,12,14-16H2,1-2H3,(H,25,27). The van der Waals surface area contributed by atoms with E-state index in [0.717, 1.165) is 17.9 Å². The van der Waals surface area contributed by atoms with Crippen molar-refractivity contribution in [2.24, 2.45) is 0 Å². The molecule has 1 amide bonds. The Morgan fingerprint density at radius 3 is 2.70 bits per heavy atom. The number of carbonyl (C=O) groups is 1. The molecule has 30 heavy (non-hydrogen) atoms. The number of nitrogens with zero attached hydrogens (tertiary/aromatic N) is 1. The van der Waals surface area contributed by atoms with Crippen LogP contribution in [0.1, 0.15) is 28.6 Å². The number of rotatable bonds is 8. The van der Waals surface area contributed by atoms with Crippen LogP contribution in [0.3, 0.4) is 0 Å². The lowest BCUT2D eigenvalue weighted by molar-refractivity contribution is 0.0945. The van der Waals surface area contributed by atoms with E-state index in [2.05, 4.69) is 35.3 Å². The van der Waals surface area contributed by atoms with E-state index in [1.165, 1.54) is 11.3 Å². The fraction of sp³-hybridized carbons (Fsp3) is 0.292. The Balaban J connectivity index is 1.32. The number of fused-ring (bicyclic) bond motifs is 1. The molecule has 0 fully saturated rings. The first-order valence-corrected chi connectivity index (χ1v) is 10.1. The van der Waals surface area contributed by atoms with Gasteiger partial charge >= 0.3 is 0 Å². The number of para-hydroxylation sites is 1. The molecule has 6 nitrogen and oxygen atoms in total. The third-order valence-electron chi connectivity index (χ3n) is 5.37. The maximum absolute atomic E-state index is 12.7. The van der Waals surface area contributed by atoms with Crippen LogP contribution in [0.2, 0.25) is 0 Å². The molecule has 1 aliphatic heterocycles. The van der Waals surface area contributed by atoms with E-state index in [1.54, 1.807) is 19.4 Å². The van der Waals surface area contributed by atoms with Gasteiger partial charge in [-0.15, -0.1) is 0 Å². The van der Waals surface area contributed by atoms with Crippen LogP contribution in [0.4, 0.5) is 5.69 Å². The van der Waals surface area contributed by atoms with Crippen molar-refractivity contribution in [3.05, 3.63) is 77.7 Å². The second-order valence-corrected chi connectivity index (χ2v) is 7.35. The Kier molecular flexibility index (Phi) is 5.93. The van der Waals surface area contributed by atoms with E-state index in [0.29, 0.717) is 37.1 Å². The number of hydrogen-bond acceptors (Lipinski definition) is 5. The van der Waals surface area contributed by atoms with Gasteiger partial charge in [-0.25, -0.2) is 0 Å². The minimum absolute atomic E-state index is 0.155. The summed E-state index contributed by atoms with van der Waals surface area (Å²) in [4.78, 5) is 15.0. The first-order valence-electron chi connectivity index (χ1n) is 10.1. The minimum Gasteiger partial charge on any atom is -0.497 e. The smallest absolute Gasteiger partial charge is 0.255 e. The predicted molar refractivity (Wildman–Crippen MR) is 115 cm³/mol. The van der Waals surface area contributed by atoms with Crippen molar-refractivity contribution in [3.63, 3.8) is 0 Å². The topological polar surface area (TPSA) is 63.9 Å². The zero-order valence-corrected chi connectivity index (χ0v) is 17.3. The molecular formula is C24H26N2O4. The molecule has 0 spiro atoms. The van der Waals surface area contributed by atoms with Crippen LogP contribution in [0, 0.1) is 0 Å². The van der Waals surface area contributed by atoms with Crippen molar-refractivity contribution in [3.8, 4) is 11.5 Å². The molecule has 0 bridgehead atoms. The van der Waals surface area contributed by atoms with Crippen LogP contribution in [0.15, 0.2) is 65.3 Å². The fourth-order valence-corrected chi connectivity index (χ4v) is 3.79. The molecule has 156 valence electrons. The summed E-state index contributed by atoms with van der Waals surface area (Å²) in [6, 6.07) is 17.8. The molecule has 3 aromatic rings. The number of carbonyl (C=O) groups excluding carboxylic acids is 1. The van der Waals surface area contributed by atoms with Gasteiger partial charge in [0.2, 0.25) is 0 Å². The Morgan fingerprint density at radius 1 is 1.13 bits per heavy atom. The van der Waals surface area contributed by atoms with Crippen LogP contribution in [0.25, 0.3) is 0 Å². The van der Waals surface area contributed by atoms with E-state index in [1.807, 2.05) is 30.3 Å². The Morgan fingerprint density at radius 2 is 1.90 bits per heavy atom. The molecule has 1 atom stereocenters. The molecule has 0 saturated carbocycles. The summed E-state index contributed by atoms with van der Waals surface area (Å²) >= 11 is 0. The second-order valence-electron chi connectivity index (χ2n) is 7.35. The third-order valence-corrected chi connectivity index (χ3v) is 5.37. The summed E-state index contributed by atoms with van der Waals surface area (Å²) < 4.78 is 16.5. The SMILES string of the molecule is COc1ccc(OCCNC(=O)c2ccoc2CN2c3ccccc3CC2C)cc1. The average Bonchev–Trinajstić information content (AvgIpc) is 3.36. The van der Waals surface area contributed by atoms with E-state index >= 15 is 0 Å². The van der Waals surface area contributed by atoms with Gasteiger partial charge in [0.1, 0.15) is 23.9 Å². The Bertz CT molecular complexity index is 996. The van der Waals surface area contributed by atoms with E-state index in [9.17, 15) is 4.79 Å². The summed E-state index contributed by atoms with van der Waals surface area (Å²) in [7, 11) is 1.62. The van der Waals surface area contributed by atoms with Crippen LogP contribution >= 0.6 is 0 Å². The fourth-order valence-electron chi connectivity index (χ4n) is 3.79. The first kappa shape index (κ1) is 19.9. The maximum Gasteiger partial charge on any atom is 0.255 e. The van der Waals surface area contributed by atoms with Gasteiger partial charge in [0.05, 0.1) is 32.0 Å². The molecule has 2 aromatic carbocycles. The maximum atomic E-state index is 12.7. The number of ether oxygens (including phenoxy) is 2. The van der Waals surface area contributed by atoms with E-state index in [4.69, 9.17) is 13.9 Å². The van der Waals surface area contributed by atoms with Gasteiger partial charge in [0, 0.05) is 11.7 Å². The van der Waals surface area contributed by atoms with Crippen LogP contribution < -0.4 is 19.7 Å². The van der Waals surface area contributed by atoms with Crippen LogP contribution in [-0.2, 0) is 13.0 Å². The van der Waals surface area contributed by atoms with Crippen molar-refractivity contribution in [1.29, 1.82) is 0 Å². The van der Waals surface area contributed by atoms with Gasteiger partial charge in [-0.2, -0.15) is 0 Å². The lowest BCUT2D eigenvalue weighted by Crippen LogP contribution is -2.31. The molecule has 1 aliphatic rings. The summed E-state index contributed by atoms with van der Waals surface area (Å²) in [5.41, 5.74) is 3.11. The normalized spacial score (nSPS) is 15.0. The highest BCUT2D eigenvalue weighted by atomic mass is 16.5. The highest BCUT2D eigenvalue weighted by Crippen LogP contribution is 2.33. The number of amides is 1. The highest BCUT2D eigenvalue weighted by Gasteiger charge is 2.27. The average molecular weight is 406 g/mol. The lowest BCUT2D eigenvalue weighted by Gasteiger charge is -2.24. The number of anilines is 1. The van der Waals surface area contributed by atoms with Gasteiger partial charge in [0.25, 0.3) is 5.91 Å². The molecule has 6 heteroatoms. The van der Waals surface area contributed by atoms with Gasteiger partial charge in [0.15, 0.2) is 0 Å². The van der Waals surface area contributed by atoms with Crippen molar-refractivity contribution in [2.45, 2.75) is 25.9 Å². The number of hydrogen-bond donors (Lipinski definition) is 1. The van der Waals surface area contributed by atoms with Crippen LogP contribution in [-0.4, -0.2) is 32.2 Å². The van der Waals surface area contributed by atoms with Crippen molar-refractivity contribution >= 4 is 11.6 Å². The van der Waals surface area contributed by atoms with Crippen molar-refractivity contribution < 1.29 is 18.7 Å². The number of benzene rings is 2. The molecule has 0 radical (unpaired) electrons. The van der Waals surface area contributed by atoms with E-state index < -0.39 is 0 Å². The number of nitrogens with one attached hydrogen (secondary N) is 1. The highest BCUT2D eigenvalue weighted by molar-refractivity contribution is 5.95. The largest absolute Gasteiger partial charge is 0.497 e. The van der Waals surface area contributed by atoms with Crippen molar-refractivity contribution in [1.82, 2.24) is 5.32 Å². The van der Waals surface area contributed by atoms with Gasteiger partial charge in [-0.3, -0.25) is 4.79 Å². The number of furan rings is 1. The predicted octanol–water partition coefficient (Wildman–Crippen LogP) is 4.05. The lowest BCUT2D eigenvalue weighted by atomic mass is 10.1. The van der Waals surface area contributed by atoms with Crippen molar-refractivity contribution in [2.75, 3.05) is 25.2 Å². The Labute approximate surface area is 176 Å². The van der Waals surface area contributed by atoms with Gasteiger partial charge < -0.3 is 24.1 Å². The molecule has 4 rings (SSSR count). The van der Waals surface area contributed by atoms with Gasteiger partial charge in [-0.1, -0.05) is 18.2 Å². The molecule has 1 aromatic heterocycles. The molecule has 1 N–H and O–H groups in total.